The molecule has 9 nitrogen and oxygen atoms in total. The Morgan fingerprint density at radius 2 is 1.65 bits per heavy atom. The molecule has 5 N–H and O–H groups in total. The first-order valence-corrected chi connectivity index (χ1v) is 6.47. The van der Waals surface area contributed by atoms with Crippen LogP contribution in [0.1, 0.15) is 20.7 Å². The van der Waals surface area contributed by atoms with Gasteiger partial charge in [-0.25, -0.2) is 9.59 Å². The third kappa shape index (κ3) is 4.57. The SMILES string of the molecule is O=C[C@H](OC(=O)c1ccccc1C(=O)O)[C@@H](O)[C@H](O)[C@H](O)CO. The van der Waals surface area contributed by atoms with Crippen LogP contribution in [-0.4, -0.2) is 74.8 Å². The van der Waals surface area contributed by atoms with Gasteiger partial charge in [-0.1, -0.05) is 12.1 Å². The molecule has 0 aliphatic carbocycles. The third-order valence-corrected chi connectivity index (χ3v) is 3.02. The van der Waals surface area contributed by atoms with Crippen LogP contribution in [0.25, 0.3) is 0 Å². The van der Waals surface area contributed by atoms with Crippen LogP contribution in [0.3, 0.4) is 0 Å². The van der Waals surface area contributed by atoms with E-state index in [1.54, 1.807) is 0 Å². The molecule has 1 aromatic rings. The smallest absolute Gasteiger partial charge is 0.339 e. The Hall–Kier alpha value is -2.33. The Morgan fingerprint density at radius 1 is 1.09 bits per heavy atom. The van der Waals surface area contributed by atoms with Crippen LogP contribution in [0, 0.1) is 0 Å². The molecule has 9 heteroatoms. The Kier molecular flexibility index (Phi) is 6.79. The van der Waals surface area contributed by atoms with Crippen LogP contribution in [0.5, 0.6) is 0 Å². The zero-order valence-electron chi connectivity index (χ0n) is 11.8. The fourth-order valence-corrected chi connectivity index (χ4v) is 1.74. The molecule has 0 amide bonds. The van der Waals surface area contributed by atoms with E-state index in [1.807, 2.05) is 0 Å². The largest absolute Gasteiger partial charge is 0.478 e. The van der Waals surface area contributed by atoms with Crippen LogP contribution < -0.4 is 0 Å². The highest BCUT2D eigenvalue weighted by Gasteiger charge is 2.34. The minimum atomic E-state index is -2.00. The summed E-state index contributed by atoms with van der Waals surface area (Å²) in [5.41, 5.74) is -0.719. The van der Waals surface area contributed by atoms with Gasteiger partial charge in [0.2, 0.25) is 0 Å². The van der Waals surface area contributed by atoms with Gasteiger partial charge in [0.05, 0.1) is 17.7 Å². The molecule has 0 aliphatic heterocycles. The number of aldehydes is 1. The standard InChI is InChI=1S/C14H16O9/c15-5-9(17)11(18)12(19)10(6-16)23-14(22)8-4-2-1-3-7(8)13(20)21/h1-4,6,9-12,15,17-19H,5H2,(H,20,21)/t9-,10+,11-,12-/m1/s1. The van der Waals surface area contributed by atoms with Crippen LogP contribution in [0.2, 0.25) is 0 Å². The Bertz CT molecular complexity index is 571. The summed E-state index contributed by atoms with van der Waals surface area (Å²) < 4.78 is 4.68. The average molecular weight is 328 g/mol. The fraction of sp³-hybridized carbons (Fsp3) is 0.357. The number of esters is 1. The maximum absolute atomic E-state index is 12.0. The lowest BCUT2D eigenvalue weighted by molar-refractivity contribution is -0.138. The summed E-state index contributed by atoms with van der Waals surface area (Å²) in [6.45, 7) is -0.889. The molecule has 23 heavy (non-hydrogen) atoms. The Labute approximate surface area is 130 Å². The van der Waals surface area contributed by atoms with Gasteiger partial charge in [0.15, 0.2) is 12.4 Å². The van der Waals surface area contributed by atoms with Gasteiger partial charge in [0.25, 0.3) is 0 Å². The molecule has 0 saturated carbocycles. The van der Waals surface area contributed by atoms with Crippen molar-refractivity contribution < 1.29 is 44.7 Å². The number of carbonyl (C=O) groups excluding carboxylic acids is 2. The lowest BCUT2D eigenvalue weighted by atomic mass is 10.0. The number of hydrogen-bond donors (Lipinski definition) is 5. The second kappa shape index (κ2) is 8.34. The van der Waals surface area contributed by atoms with Gasteiger partial charge < -0.3 is 30.3 Å². The van der Waals surface area contributed by atoms with Crippen molar-refractivity contribution in [1.82, 2.24) is 0 Å². The van der Waals surface area contributed by atoms with Gasteiger partial charge >= 0.3 is 11.9 Å². The van der Waals surface area contributed by atoms with Crippen molar-refractivity contribution in [2.75, 3.05) is 6.61 Å². The van der Waals surface area contributed by atoms with Crippen molar-refractivity contribution in [3.8, 4) is 0 Å². The number of benzene rings is 1. The molecule has 1 rings (SSSR count). The second-order valence-electron chi connectivity index (χ2n) is 4.59. The normalized spacial score (nSPS) is 16.0. The van der Waals surface area contributed by atoms with Crippen molar-refractivity contribution >= 4 is 18.2 Å². The van der Waals surface area contributed by atoms with E-state index in [0.717, 1.165) is 12.1 Å². The predicted octanol–water partition coefficient (Wildman–Crippen LogP) is -1.82. The highest BCUT2D eigenvalue weighted by Crippen LogP contribution is 2.14. The topological polar surface area (TPSA) is 162 Å². The molecule has 0 aromatic heterocycles. The highest BCUT2D eigenvalue weighted by atomic mass is 16.6. The van der Waals surface area contributed by atoms with Gasteiger partial charge in [-0.2, -0.15) is 0 Å². The highest BCUT2D eigenvalue weighted by molar-refractivity contribution is 6.02. The number of aromatic carboxylic acids is 1. The molecule has 4 atom stereocenters. The molecule has 0 fully saturated rings. The first-order valence-electron chi connectivity index (χ1n) is 6.47. The van der Waals surface area contributed by atoms with Gasteiger partial charge in [0, 0.05) is 0 Å². The molecule has 126 valence electrons. The van der Waals surface area contributed by atoms with E-state index in [2.05, 4.69) is 4.74 Å². The molecule has 0 radical (unpaired) electrons. The molecule has 1 aromatic carbocycles. The summed E-state index contributed by atoms with van der Waals surface area (Å²) in [5, 5.41) is 46.1. The Balaban J connectivity index is 2.94. The minimum absolute atomic E-state index is 0.0132. The van der Waals surface area contributed by atoms with Crippen molar-refractivity contribution in [2.24, 2.45) is 0 Å². The molecular formula is C14H16O9. The Morgan fingerprint density at radius 3 is 2.13 bits per heavy atom. The lowest BCUT2D eigenvalue weighted by Crippen LogP contribution is -2.48. The van der Waals surface area contributed by atoms with Crippen molar-refractivity contribution in [2.45, 2.75) is 24.4 Å². The van der Waals surface area contributed by atoms with Crippen LogP contribution in [0.4, 0.5) is 0 Å². The number of carboxylic acids is 1. The maximum atomic E-state index is 12.0. The van der Waals surface area contributed by atoms with Gasteiger partial charge in [0.1, 0.15) is 18.3 Å². The van der Waals surface area contributed by atoms with Gasteiger partial charge in [-0.15, -0.1) is 0 Å². The van der Waals surface area contributed by atoms with Gasteiger partial charge in [-0.05, 0) is 12.1 Å². The first-order chi connectivity index (χ1) is 10.8. The summed E-state index contributed by atoms with van der Waals surface area (Å²) in [6, 6.07) is 5.06. The van der Waals surface area contributed by atoms with Crippen LogP contribution in [-0.2, 0) is 9.53 Å². The number of aliphatic hydroxyl groups excluding tert-OH is 4. The second-order valence-corrected chi connectivity index (χ2v) is 4.59. The maximum Gasteiger partial charge on any atom is 0.339 e. The number of carboxylic acid groups (broad SMARTS) is 1. The monoisotopic (exact) mass is 328 g/mol. The zero-order valence-corrected chi connectivity index (χ0v) is 11.8. The van der Waals surface area contributed by atoms with E-state index >= 15 is 0 Å². The molecule has 0 saturated heterocycles. The van der Waals surface area contributed by atoms with E-state index in [-0.39, 0.29) is 17.4 Å². The number of aliphatic hydroxyl groups is 4. The van der Waals surface area contributed by atoms with E-state index in [9.17, 15) is 29.7 Å². The van der Waals surface area contributed by atoms with Gasteiger partial charge in [-0.3, -0.25) is 4.79 Å². The molecule has 0 spiro atoms. The molecular weight excluding hydrogens is 312 g/mol. The quantitative estimate of drug-likeness (QED) is 0.273. The van der Waals surface area contributed by atoms with E-state index in [4.69, 9.17) is 10.2 Å². The summed E-state index contributed by atoms with van der Waals surface area (Å²) >= 11 is 0. The minimum Gasteiger partial charge on any atom is -0.478 e. The van der Waals surface area contributed by atoms with E-state index < -0.39 is 43.0 Å². The molecule has 0 heterocycles. The van der Waals surface area contributed by atoms with Crippen molar-refractivity contribution in [3.05, 3.63) is 35.4 Å². The molecule has 0 aliphatic rings. The van der Waals surface area contributed by atoms with Crippen molar-refractivity contribution in [1.29, 1.82) is 0 Å². The number of ether oxygens (including phenoxy) is 1. The molecule has 0 bridgehead atoms. The molecule has 0 unspecified atom stereocenters. The summed E-state index contributed by atoms with van der Waals surface area (Å²) in [7, 11) is 0. The number of carbonyl (C=O) groups is 3. The van der Waals surface area contributed by atoms with Crippen LogP contribution in [0.15, 0.2) is 24.3 Å². The summed E-state index contributed by atoms with van der Waals surface area (Å²) in [5.74, 6) is -2.60. The first kappa shape index (κ1) is 18.7. The van der Waals surface area contributed by atoms with Crippen LogP contribution >= 0.6 is 0 Å². The van der Waals surface area contributed by atoms with Crippen molar-refractivity contribution in [3.63, 3.8) is 0 Å². The zero-order chi connectivity index (χ0) is 17.6. The fourth-order valence-electron chi connectivity index (χ4n) is 1.74. The lowest BCUT2D eigenvalue weighted by Gasteiger charge is -2.25. The van der Waals surface area contributed by atoms with E-state index in [1.165, 1.54) is 12.1 Å². The summed E-state index contributed by atoms with van der Waals surface area (Å²) in [6.07, 6.45) is -7.55. The predicted molar refractivity (Wildman–Crippen MR) is 73.8 cm³/mol. The average Bonchev–Trinajstić information content (AvgIpc) is 2.57. The van der Waals surface area contributed by atoms with E-state index in [0.29, 0.717) is 0 Å². The number of rotatable bonds is 8. The number of hydrogen-bond acceptors (Lipinski definition) is 8. The third-order valence-electron chi connectivity index (χ3n) is 3.02. The summed E-state index contributed by atoms with van der Waals surface area (Å²) in [4.78, 5) is 33.9.